The number of amides is 2. The molecule has 1 aromatic carbocycles. The number of likely N-dealkylation sites (tertiary alicyclic amines) is 1. The smallest absolute Gasteiger partial charge is 0.407 e. The molecule has 2 aliphatic heterocycles. The number of thioether (sulfide) groups is 1. The molecule has 0 bridgehead atoms. The van der Waals surface area contributed by atoms with Crippen molar-refractivity contribution in [2.45, 2.75) is 25.0 Å². The largest absolute Gasteiger partial charge is 0.465 e. The van der Waals surface area contributed by atoms with Gasteiger partial charge in [0.15, 0.2) is 5.82 Å². The highest BCUT2D eigenvalue weighted by Crippen LogP contribution is 2.36. The molecule has 38 heavy (non-hydrogen) atoms. The molecule has 0 spiro atoms. The number of aryl methyl sites for hydroxylation is 1. The fraction of sp³-hybridized carbons (Fsp3) is 0.417. The van der Waals surface area contributed by atoms with E-state index in [1.54, 1.807) is 47.9 Å². The van der Waals surface area contributed by atoms with Gasteiger partial charge in [0.05, 0.1) is 23.8 Å². The number of carboxylic acid groups (broad SMARTS) is 1. The monoisotopic (exact) mass is 545 g/mol. The molecule has 6 N–H and O–H groups in total. The summed E-state index contributed by atoms with van der Waals surface area (Å²) < 4.78 is 15.8. The van der Waals surface area contributed by atoms with Crippen molar-refractivity contribution in [1.29, 1.82) is 0 Å². The van der Waals surface area contributed by atoms with Gasteiger partial charge in [-0.15, -0.1) is 0 Å². The molecule has 2 aliphatic rings. The number of carbonyl (C=O) groups is 2. The molecule has 2 saturated heterocycles. The van der Waals surface area contributed by atoms with Gasteiger partial charge in [0.25, 0.3) is 11.8 Å². The van der Waals surface area contributed by atoms with Crippen LogP contribution in [0, 0.1) is 6.92 Å². The third kappa shape index (κ3) is 4.64. The summed E-state index contributed by atoms with van der Waals surface area (Å²) in [5.74, 6) is -1.33. The lowest BCUT2D eigenvalue weighted by Gasteiger charge is -2.37. The number of anilines is 1. The van der Waals surface area contributed by atoms with Crippen LogP contribution in [-0.2, 0) is 5.91 Å². The Balaban J connectivity index is 1.52. The van der Waals surface area contributed by atoms with Crippen LogP contribution in [0.1, 0.15) is 21.5 Å². The van der Waals surface area contributed by atoms with Crippen LogP contribution in [0.15, 0.2) is 30.6 Å². The second kappa shape index (κ2) is 10.0. The molecule has 14 heteroatoms. The first kappa shape index (κ1) is 26.2. The van der Waals surface area contributed by atoms with E-state index in [1.807, 2.05) is 0 Å². The lowest BCUT2D eigenvalue weighted by molar-refractivity contribution is -0.272. The molecule has 2 fully saturated rings. The van der Waals surface area contributed by atoms with Crippen molar-refractivity contribution in [2.75, 3.05) is 43.4 Å². The quantitative estimate of drug-likeness (QED) is 0.290. The van der Waals surface area contributed by atoms with Crippen LogP contribution in [0.4, 0.5) is 15.0 Å². The number of carbonyl (C=O) groups excluding carboxylic acids is 1. The van der Waals surface area contributed by atoms with Crippen LogP contribution in [-0.4, -0.2) is 102 Å². The average molecular weight is 546 g/mol. The molecule has 2 aromatic heterocycles. The predicted molar refractivity (Wildman–Crippen MR) is 138 cm³/mol. The zero-order valence-corrected chi connectivity index (χ0v) is 21.4. The highest BCUT2D eigenvalue weighted by Gasteiger charge is 2.39. The zero-order chi connectivity index (χ0) is 27.2. The molecule has 202 valence electrons. The van der Waals surface area contributed by atoms with Crippen molar-refractivity contribution >= 4 is 35.1 Å². The fourth-order valence-electron chi connectivity index (χ4n) is 4.90. The number of nitrogens with zero attached hydrogens (tertiary/aromatic N) is 5. The average Bonchev–Trinajstić information content (AvgIpc) is 3.47. The summed E-state index contributed by atoms with van der Waals surface area (Å²) in [6.45, 7) is 2.20. The molecule has 12 nitrogen and oxygen atoms in total. The minimum Gasteiger partial charge on any atom is -0.465 e. The Kier molecular flexibility index (Phi) is 6.90. The first-order valence-corrected chi connectivity index (χ1v) is 13.2. The third-order valence-corrected chi connectivity index (χ3v) is 7.95. The van der Waals surface area contributed by atoms with E-state index in [9.17, 15) is 24.2 Å². The Morgan fingerprint density at radius 3 is 2.63 bits per heavy atom. The van der Waals surface area contributed by atoms with Crippen LogP contribution in [0.5, 0.6) is 0 Å². The van der Waals surface area contributed by atoms with Crippen molar-refractivity contribution < 1.29 is 29.3 Å². The van der Waals surface area contributed by atoms with Gasteiger partial charge in [-0.05, 0) is 24.6 Å². The number of aliphatic hydroxyl groups is 2. The third-order valence-electron chi connectivity index (χ3n) is 7.01. The number of hydrogen-bond acceptors (Lipinski definition) is 9. The SMILES string of the molecule is Cc1ccc(-c2cc(C(O)(O)N3CCSCC3)c3c(N)ncnn23)cc1C(=O)N[C@@H]1CN(C(=O)O)C[C@@H]1F. The number of fused-ring (bicyclic) bond motifs is 1. The standard InChI is InChI=1S/C24H28FN7O5S/c1-13-2-3-14(8-15(13)22(33)29-18-11-30(23(34)35)10-17(18)25)19-9-16(20-21(26)27-12-28-32(19)20)24(36,37)31-4-6-38-7-5-31/h2-3,8-9,12,17-18,36-37H,4-7,10-11H2,1H3,(H,29,33)(H,34,35)(H2,26,27,28)/t17-,18+/m0/s1. The van der Waals surface area contributed by atoms with Crippen molar-refractivity contribution in [1.82, 2.24) is 29.7 Å². The summed E-state index contributed by atoms with van der Waals surface area (Å²) >= 11 is 1.73. The highest BCUT2D eigenvalue weighted by atomic mass is 32.2. The van der Waals surface area contributed by atoms with Gasteiger partial charge in [-0.2, -0.15) is 16.9 Å². The minimum absolute atomic E-state index is 0.0587. The molecule has 0 unspecified atom stereocenters. The predicted octanol–water partition coefficient (Wildman–Crippen LogP) is 0.861. The van der Waals surface area contributed by atoms with E-state index in [-0.39, 0.29) is 35.6 Å². The maximum absolute atomic E-state index is 14.4. The van der Waals surface area contributed by atoms with Gasteiger partial charge in [-0.25, -0.2) is 23.6 Å². The molecule has 0 saturated carbocycles. The van der Waals surface area contributed by atoms with Crippen molar-refractivity contribution in [3.63, 3.8) is 0 Å². The molecule has 0 radical (unpaired) electrons. The van der Waals surface area contributed by atoms with E-state index in [1.165, 1.54) is 10.8 Å². The Morgan fingerprint density at radius 2 is 1.95 bits per heavy atom. The summed E-state index contributed by atoms with van der Waals surface area (Å²) in [6, 6.07) is 5.66. The molecular weight excluding hydrogens is 517 g/mol. The van der Waals surface area contributed by atoms with Crippen molar-refractivity contribution in [3.05, 3.63) is 47.3 Å². The second-order valence-electron chi connectivity index (χ2n) is 9.40. The van der Waals surface area contributed by atoms with E-state index in [0.29, 0.717) is 29.9 Å². The normalized spacial score (nSPS) is 20.7. The summed E-state index contributed by atoms with van der Waals surface area (Å²) in [4.78, 5) is 30.8. The van der Waals surface area contributed by atoms with E-state index >= 15 is 0 Å². The second-order valence-corrected chi connectivity index (χ2v) is 10.6. The molecule has 3 aromatic rings. The lowest BCUT2D eigenvalue weighted by Crippen LogP contribution is -2.50. The number of aromatic nitrogens is 3. The number of benzene rings is 1. The Hall–Kier alpha value is -3.46. The fourth-order valence-corrected chi connectivity index (χ4v) is 5.81. The number of halogens is 1. The number of rotatable bonds is 5. The topological polar surface area (TPSA) is 170 Å². The zero-order valence-electron chi connectivity index (χ0n) is 20.5. The number of alkyl halides is 1. The van der Waals surface area contributed by atoms with E-state index < -0.39 is 30.1 Å². The molecule has 5 rings (SSSR count). The van der Waals surface area contributed by atoms with E-state index in [4.69, 9.17) is 10.8 Å². The highest BCUT2D eigenvalue weighted by molar-refractivity contribution is 7.99. The number of hydrogen-bond donors (Lipinski definition) is 5. The van der Waals surface area contributed by atoms with Gasteiger partial charge in [0.1, 0.15) is 18.0 Å². The van der Waals surface area contributed by atoms with Crippen LogP contribution in [0.3, 0.4) is 0 Å². The van der Waals surface area contributed by atoms with Gasteiger partial charge in [-0.1, -0.05) is 12.1 Å². The number of nitrogen functional groups attached to an aromatic ring is 1. The number of nitrogens with one attached hydrogen (secondary N) is 1. The van der Waals surface area contributed by atoms with Crippen molar-refractivity contribution in [3.8, 4) is 11.3 Å². The van der Waals surface area contributed by atoms with Gasteiger partial charge in [0.2, 0.25) is 0 Å². The van der Waals surface area contributed by atoms with Crippen LogP contribution >= 0.6 is 11.8 Å². The summed E-state index contributed by atoms with van der Waals surface area (Å²) in [7, 11) is 0. The summed E-state index contributed by atoms with van der Waals surface area (Å²) in [5.41, 5.74) is 8.35. The van der Waals surface area contributed by atoms with Crippen LogP contribution in [0.25, 0.3) is 16.8 Å². The van der Waals surface area contributed by atoms with Crippen LogP contribution < -0.4 is 11.1 Å². The molecule has 0 aliphatic carbocycles. The van der Waals surface area contributed by atoms with Crippen LogP contribution in [0.2, 0.25) is 0 Å². The minimum atomic E-state index is -2.33. The maximum Gasteiger partial charge on any atom is 0.407 e. The van der Waals surface area contributed by atoms with E-state index in [2.05, 4.69) is 15.4 Å². The first-order chi connectivity index (χ1) is 18.1. The molecular formula is C24H28FN7O5S. The molecule has 2 atom stereocenters. The molecule has 4 heterocycles. The Morgan fingerprint density at radius 1 is 1.21 bits per heavy atom. The van der Waals surface area contributed by atoms with Crippen molar-refractivity contribution in [2.24, 2.45) is 0 Å². The first-order valence-electron chi connectivity index (χ1n) is 12.0. The molecule has 2 amide bonds. The lowest BCUT2D eigenvalue weighted by atomic mass is 10.0. The number of nitrogens with two attached hydrogens (primary N) is 1. The van der Waals surface area contributed by atoms with Gasteiger partial charge < -0.3 is 31.3 Å². The van der Waals surface area contributed by atoms with E-state index in [0.717, 1.165) is 16.4 Å². The van der Waals surface area contributed by atoms with Gasteiger partial charge >= 0.3 is 6.09 Å². The summed E-state index contributed by atoms with van der Waals surface area (Å²) in [6.07, 6.45) is -1.51. The Labute approximate surface area is 221 Å². The summed E-state index contributed by atoms with van der Waals surface area (Å²) in [5, 5.41) is 38.5. The van der Waals surface area contributed by atoms with Gasteiger partial charge in [0, 0.05) is 42.3 Å². The van der Waals surface area contributed by atoms with Gasteiger partial charge in [-0.3, -0.25) is 4.79 Å². The maximum atomic E-state index is 14.4. The Bertz CT molecular complexity index is 1390.